The molecule has 0 aromatic carbocycles. The summed E-state index contributed by atoms with van der Waals surface area (Å²) >= 11 is 0. The number of rotatable bonds is 6. The summed E-state index contributed by atoms with van der Waals surface area (Å²) in [5.74, 6) is -1.57. The smallest absolute Gasteiger partial charge is 0.309 e. The van der Waals surface area contributed by atoms with Gasteiger partial charge in [0.05, 0.1) is 18.9 Å². The maximum Gasteiger partial charge on any atom is 0.309 e. The van der Waals surface area contributed by atoms with Crippen molar-refractivity contribution in [3.05, 3.63) is 0 Å². The molecule has 0 amide bonds. The zero-order valence-corrected chi connectivity index (χ0v) is 8.95. The van der Waals surface area contributed by atoms with Gasteiger partial charge in [0.2, 0.25) is 0 Å². The summed E-state index contributed by atoms with van der Waals surface area (Å²) in [4.78, 5) is 21.8. The Morgan fingerprint density at radius 3 is 2.29 bits per heavy atom. The Morgan fingerprint density at radius 2 is 1.93 bits per heavy atom. The minimum atomic E-state index is -0.955. The summed E-state index contributed by atoms with van der Waals surface area (Å²) in [6, 6.07) is 0. The van der Waals surface area contributed by atoms with Gasteiger partial charge in [-0.05, 0) is 19.3 Å². The molecule has 0 aliphatic carbocycles. The number of ether oxygens (including phenoxy) is 1. The molecule has 1 atom stereocenters. The van der Waals surface area contributed by atoms with E-state index in [1.807, 2.05) is 13.8 Å². The first-order chi connectivity index (χ1) is 6.47. The Bertz CT molecular complexity index is 198. The quantitative estimate of drug-likeness (QED) is 0.666. The molecular weight excluding hydrogens is 184 g/mol. The Kier molecular flexibility index (Phi) is 5.92. The van der Waals surface area contributed by atoms with Crippen molar-refractivity contribution >= 4 is 11.9 Å². The van der Waals surface area contributed by atoms with Crippen LogP contribution >= 0.6 is 0 Å². The lowest BCUT2D eigenvalue weighted by molar-refractivity contribution is -0.153. The standard InChI is InChI=1S/C10H18O4/c1-4-14-10(13)8(5-7(2)3)6-9(11)12/h7-8H,4-6H2,1-3H3,(H,11,12). The Balaban J connectivity index is 4.22. The molecular formula is C10H18O4. The third-order valence-electron chi connectivity index (χ3n) is 1.80. The third-order valence-corrected chi connectivity index (χ3v) is 1.80. The van der Waals surface area contributed by atoms with E-state index in [-0.39, 0.29) is 6.42 Å². The molecule has 4 nitrogen and oxygen atoms in total. The van der Waals surface area contributed by atoms with Gasteiger partial charge in [0.25, 0.3) is 0 Å². The summed E-state index contributed by atoms with van der Waals surface area (Å²) in [5, 5.41) is 8.61. The van der Waals surface area contributed by atoms with Gasteiger partial charge < -0.3 is 9.84 Å². The van der Waals surface area contributed by atoms with Crippen molar-refractivity contribution in [2.24, 2.45) is 11.8 Å². The van der Waals surface area contributed by atoms with Crippen LogP contribution in [0.2, 0.25) is 0 Å². The number of carboxylic acids is 1. The number of hydrogen-bond acceptors (Lipinski definition) is 3. The van der Waals surface area contributed by atoms with Crippen molar-refractivity contribution in [1.82, 2.24) is 0 Å². The minimum Gasteiger partial charge on any atom is -0.481 e. The molecule has 1 N–H and O–H groups in total. The minimum absolute atomic E-state index is 0.142. The zero-order chi connectivity index (χ0) is 11.1. The Labute approximate surface area is 84.3 Å². The van der Waals surface area contributed by atoms with Crippen molar-refractivity contribution in [3.63, 3.8) is 0 Å². The van der Waals surface area contributed by atoms with Crippen LogP contribution in [-0.2, 0) is 14.3 Å². The lowest BCUT2D eigenvalue weighted by Crippen LogP contribution is -2.22. The van der Waals surface area contributed by atoms with E-state index >= 15 is 0 Å². The Hall–Kier alpha value is -1.06. The fraction of sp³-hybridized carbons (Fsp3) is 0.800. The fourth-order valence-electron chi connectivity index (χ4n) is 1.30. The highest BCUT2D eigenvalue weighted by atomic mass is 16.5. The summed E-state index contributed by atoms with van der Waals surface area (Å²) in [6.45, 7) is 5.92. The first kappa shape index (κ1) is 12.9. The van der Waals surface area contributed by atoms with Crippen LogP contribution in [-0.4, -0.2) is 23.7 Å². The summed E-state index contributed by atoms with van der Waals surface area (Å²) < 4.78 is 4.80. The van der Waals surface area contributed by atoms with Crippen LogP contribution in [0.25, 0.3) is 0 Å². The molecule has 14 heavy (non-hydrogen) atoms. The molecule has 0 radical (unpaired) electrons. The third kappa shape index (κ3) is 5.56. The maximum absolute atomic E-state index is 11.3. The van der Waals surface area contributed by atoms with E-state index in [0.29, 0.717) is 18.9 Å². The van der Waals surface area contributed by atoms with Gasteiger partial charge in [0.15, 0.2) is 0 Å². The number of carbonyl (C=O) groups is 2. The summed E-state index contributed by atoms with van der Waals surface area (Å²) in [5.41, 5.74) is 0. The molecule has 0 saturated carbocycles. The van der Waals surface area contributed by atoms with Crippen molar-refractivity contribution in [2.45, 2.75) is 33.6 Å². The van der Waals surface area contributed by atoms with Gasteiger partial charge in [-0.1, -0.05) is 13.8 Å². The highest BCUT2D eigenvalue weighted by molar-refractivity contribution is 5.79. The first-order valence-corrected chi connectivity index (χ1v) is 4.85. The van der Waals surface area contributed by atoms with Gasteiger partial charge in [0.1, 0.15) is 0 Å². The molecule has 0 fully saturated rings. The lowest BCUT2D eigenvalue weighted by atomic mass is 9.94. The van der Waals surface area contributed by atoms with Crippen LogP contribution < -0.4 is 0 Å². The second-order valence-corrected chi connectivity index (χ2v) is 3.68. The van der Waals surface area contributed by atoms with Crippen LogP contribution in [0.15, 0.2) is 0 Å². The molecule has 4 heteroatoms. The zero-order valence-electron chi connectivity index (χ0n) is 8.95. The van der Waals surface area contributed by atoms with Gasteiger partial charge in [-0.3, -0.25) is 9.59 Å². The second-order valence-electron chi connectivity index (χ2n) is 3.68. The molecule has 0 rings (SSSR count). The number of hydrogen-bond donors (Lipinski definition) is 1. The van der Waals surface area contributed by atoms with Crippen molar-refractivity contribution in [3.8, 4) is 0 Å². The average molecular weight is 202 g/mol. The molecule has 0 aliphatic heterocycles. The molecule has 82 valence electrons. The summed E-state index contributed by atoms with van der Waals surface area (Å²) in [7, 11) is 0. The fourth-order valence-corrected chi connectivity index (χ4v) is 1.30. The van der Waals surface area contributed by atoms with Gasteiger partial charge in [-0.15, -0.1) is 0 Å². The van der Waals surface area contributed by atoms with E-state index in [1.165, 1.54) is 0 Å². The predicted octanol–water partition coefficient (Wildman–Crippen LogP) is 1.69. The van der Waals surface area contributed by atoms with Crippen LogP contribution in [0, 0.1) is 11.8 Å². The largest absolute Gasteiger partial charge is 0.481 e. The van der Waals surface area contributed by atoms with Gasteiger partial charge in [-0.25, -0.2) is 0 Å². The number of carboxylic acid groups (broad SMARTS) is 1. The monoisotopic (exact) mass is 202 g/mol. The van der Waals surface area contributed by atoms with Crippen molar-refractivity contribution in [2.75, 3.05) is 6.61 Å². The maximum atomic E-state index is 11.3. The van der Waals surface area contributed by atoms with E-state index in [1.54, 1.807) is 6.92 Å². The second kappa shape index (κ2) is 6.40. The van der Waals surface area contributed by atoms with E-state index in [9.17, 15) is 9.59 Å². The van der Waals surface area contributed by atoms with Gasteiger partial charge >= 0.3 is 11.9 Å². The number of aliphatic carboxylic acids is 1. The molecule has 0 aliphatic rings. The molecule has 0 heterocycles. The van der Waals surface area contributed by atoms with Crippen molar-refractivity contribution < 1.29 is 19.4 Å². The van der Waals surface area contributed by atoms with E-state index < -0.39 is 17.9 Å². The predicted molar refractivity (Wildman–Crippen MR) is 51.8 cm³/mol. The molecule has 0 aromatic heterocycles. The topological polar surface area (TPSA) is 63.6 Å². The van der Waals surface area contributed by atoms with Crippen LogP contribution in [0.3, 0.4) is 0 Å². The van der Waals surface area contributed by atoms with E-state index in [4.69, 9.17) is 9.84 Å². The Morgan fingerprint density at radius 1 is 1.36 bits per heavy atom. The van der Waals surface area contributed by atoms with E-state index in [2.05, 4.69) is 0 Å². The molecule has 0 saturated heterocycles. The molecule has 0 spiro atoms. The van der Waals surface area contributed by atoms with Crippen LogP contribution in [0.5, 0.6) is 0 Å². The molecule has 0 bridgehead atoms. The first-order valence-electron chi connectivity index (χ1n) is 4.85. The van der Waals surface area contributed by atoms with E-state index in [0.717, 1.165) is 0 Å². The lowest BCUT2D eigenvalue weighted by Gasteiger charge is -2.15. The van der Waals surface area contributed by atoms with Crippen LogP contribution in [0.1, 0.15) is 33.6 Å². The average Bonchev–Trinajstić information content (AvgIpc) is 2.01. The summed E-state index contributed by atoms with van der Waals surface area (Å²) in [6.07, 6.45) is 0.419. The molecule has 1 unspecified atom stereocenters. The highest BCUT2D eigenvalue weighted by Gasteiger charge is 2.23. The SMILES string of the molecule is CCOC(=O)C(CC(=O)O)CC(C)C. The number of esters is 1. The normalized spacial score (nSPS) is 12.6. The highest BCUT2D eigenvalue weighted by Crippen LogP contribution is 2.17. The van der Waals surface area contributed by atoms with Gasteiger partial charge in [0, 0.05) is 0 Å². The molecule has 0 aromatic rings. The van der Waals surface area contributed by atoms with Gasteiger partial charge in [-0.2, -0.15) is 0 Å². The number of carbonyl (C=O) groups excluding carboxylic acids is 1. The van der Waals surface area contributed by atoms with Crippen molar-refractivity contribution in [1.29, 1.82) is 0 Å². The van der Waals surface area contributed by atoms with Crippen LogP contribution in [0.4, 0.5) is 0 Å².